The molecule has 1 atom stereocenters. The normalized spacial score (nSPS) is 19.1. The molecule has 2 aromatic rings. The van der Waals surface area contributed by atoms with Gasteiger partial charge in [0.25, 0.3) is 5.91 Å². The van der Waals surface area contributed by atoms with Gasteiger partial charge in [0, 0.05) is 25.5 Å². The number of nitrogens with one attached hydrogen (secondary N) is 1. The summed E-state index contributed by atoms with van der Waals surface area (Å²) in [6, 6.07) is 5.09. The van der Waals surface area contributed by atoms with E-state index in [1.165, 1.54) is 11.1 Å². The highest BCUT2D eigenvalue weighted by Crippen LogP contribution is 2.19. The van der Waals surface area contributed by atoms with Gasteiger partial charge in [-0.1, -0.05) is 0 Å². The molecule has 1 unspecified atom stereocenters. The topological polar surface area (TPSA) is 92.5 Å². The van der Waals surface area contributed by atoms with Crippen molar-refractivity contribution in [3.8, 4) is 0 Å². The smallest absolute Gasteiger partial charge is 0.255 e. The Labute approximate surface area is 140 Å². The van der Waals surface area contributed by atoms with Gasteiger partial charge in [0.15, 0.2) is 9.84 Å². The fourth-order valence-electron chi connectivity index (χ4n) is 2.71. The second kappa shape index (κ2) is 6.64. The van der Waals surface area contributed by atoms with Gasteiger partial charge in [-0.2, -0.15) is 0 Å². The molecule has 0 spiro atoms. The third-order valence-corrected chi connectivity index (χ3v) is 5.86. The van der Waals surface area contributed by atoms with Crippen molar-refractivity contribution in [2.45, 2.75) is 19.0 Å². The largest absolute Gasteiger partial charge is 0.467 e. The number of amides is 1. The molecule has 1 aliphatic rings. The van der Waals surface area contributed by atoms with Gasteiger partial charge in [0.1, 0.15) is 5.76 Å². The van der Waals surface area contributed by atoms with Crippen LogP contribution in [-0.2, 0) is 16.4 Å². The summed E-state index contributed by atoms with van der Waals surface area (Å²) in [7, 11) is -1.39. The minimum absolute atomic E-state index is 0.0269. The number of aromatic nitrogens is 1. The monoisotopic (exact) mass is 349 g/mol. The van der Waals surface area contributed by atoms with Crippen LogP contribution in [0.2, 0.25) is 0 Å². The zero-order valence-corrected chi connectivity index (χ0v) is 14.1. The number of carbonyl (C=O) groups is 1. The molecule has 3 heterocycles. The zero-order chi connectivity index (χ0) is 17.2. The summed E-state index contributed by atoms with van der Waals surface area (Å²) in [5.74, 6) is 0.712. The van der Waals surface area contributed by atoms with Crippen molar-refractivity contribution in [1.82, 2.24) is 9.88 Å². The van der Waals surface area contributed by atoms with Crippen LogP contribution in [0.5, 0.6) is 0 Å². The highest BCUT2D eigenvalue weighted by Gasteiger charge is 2.33. The molecule has 0 saturated carbocycles. The lowest BCUT2D eigenvalue weighted by atomic mass is 10.2. The van der Waals surface area contributed by atoms with Crippen LogP contribution < -0.4 is 5.32 Å². The fourth-order valence-corrected chi connectivity index (χ4v) is 4.48. The molecule has 1 aliphatic heterocycles. The molecule has 7 nitrogen and oxygen atoms in total. The number of hydrogen-bond donors (Lipinski definition) is 1. The molecular weight excluding hydrogens is 330 g/mol. The minimum Gasteiger partial charge on any atom is -0.467 e. The van der Waals surface area contributed by atoms with Crippen molar-refractivity contribution >= 4 is 21.4 Å². The number of sulfone groups is 1. The van der Waals surface area contributed by atoms with Gasteiger partial charge in [-0.05, 0) is 24.6 Å². The molecule has 2 aromatic heterocycles. The van der Waals surface area contributed by atoms with Gasteiger partial charge in [-0.25, -0.2) is 8.42 Å². The lowest BCUT2D eigenvalue weighted by Crippen LogP contribution is -2.37. The molecule has 3 rings (SSSR count). The molecule has 24 heavy (non-hydrogen) atoms. The van der Waals surface area contributed by atoms with Crippen LogP contribution in [0.4, 0.5) is 5.69 Å². The van der Waals surface area contributed by atoms with Crippen molar-refractivity contribution in [2.24, 2.45) is 0 Å². The van der Waals surface area contributed by atoms with Crippen molar-refractivity contribution in [3.63, 3.8) is 0 Å². The minimum atomic E-state index is -3.03. The summed E-state index contributed by atoms with van der Waals surface area (Å²) in [6.45, 7) is 0.489. The highest BCUT2D eigenvalue weighted by atomic mass is 32.2. The summed E-state index contributed by atoms with van der Waals surface area (Å²) in [6.07, 6.45) is 5.19. The number of anilines is 1. The Morgan fingerprint density at radius 3 is 2.96 bits per heavy atom. The van der Waals surface area contributed by atoms with Crippen LogP contribution in [0.25, 0.3) is 0 Å². The van der Waals surface area contributed by atoms with Crippen LogP contribution >= 0.6 is 0 Å². The van der Waals surface area contributed by atoms with Crippen molar-refractivity contribution < 1.29 is 17.6 Å². The number of furan rings is 1. The molecule has 0 bridgehead atoms. The fraction of sp³-hybridized carbons (Fsp3) is 0.375. The van der Waals surface area contributed by atoms with Gasteiger partial charge in [-0.15, -0.1) is 0 Å². The third-order valence-electron chi connectivity index (χ3n) is 4.11. The summed E-state index contributed by atoms with van der Waals surface area (Å²) in [4.78, 5) is 18.2. The van der Waals surface area contributed by atoms with E-state index in [9.17, 15) is 13.2 Å². The van der Waals surface area contributed by atoms with E-state index >= 15 is 0 Å². The lowest BCUT2D eigenvalue weighted by Gasteiger charge is -2.23. The van der Waals surface area contributed by atoms with Crippen molar-refractivity contribution in [3.05, 3.63) is 48.2 Å². The third kappa shape index (κ3) is 3.76. The van der Waals surface area contributed by atoms with E-state index in [4.69, 9.17) is 4.42 Å². The Bertz CT molecular complexity index is 818. The molecule has 0 aliphatic carbocycles. The molecule has 1 amide bonds. The van der Waals surface area contributed by atoms with Gasteiger partial charge in [0.2, 0.25) is 0 Å². The Kier molecular flexibility index (Phi) is 4.57. The SMILES string of the molecule is CN(C(=O)c1cncc(NCc2ccco2)c1)C1CCS(=O)(=O)C1. The van der Waals surface area contributed by atoms with E-state index in [1.54, 1.807) is 31.6 Å². The number of pyridine rings is 1. The summed E-state index contributed by atoms with van der Waals surface area (Å²) < 4.78 is 28.4. The van der Waals surface area contributed by atoms with Crippen LogP contribution in [0, 0.1) is 0 Å². The van der Waals surface area contributed by atoms with Gasteiger partial charge >= 0.3 is 0 Å². The van der Waals surface area contributed by atoms with Crippen molar-refractivity contribution in [1.29, 1.82) is 0 Å². The summed E-state index contributed by atoms with van der Waals surface area (Å²) in [5, 5.41) is 3.14. The van der Waals surface area contributed by atoms with E-state index in [-0.39, 0.29) is 23.5 Å². The predicted molar refractivity (Wildman–Crippen MR) is 89.4 cm³/mol. The number of nitrogens with zero attached hydrogens (tertiary/aromatic N) is 2. The molecule has 0 radical (unpaired) electrons. The number of rotatable bonds is 5. The maximum atomic E-state index is 12.6. The first kappa shape index (κ1) is 16.5. The average Bonchev–Trinajstić information content (AvgIpc) is 3.21. The van der Waals surface area contributed by atoms with Crippen LogP contribution in [0.1, 0.15) is 22.5 Å². The van der Waals surface area contributed by atoms with Crippen molar-refractivity contribution in [2.75, 3.05) is 23.9 Å². The Morgan fingerprint density at radius 1 is 1.46 bits per heavy atom. The molecule has 1 saturated heterocycles. The molecule has 128 valence electrons. The Morgan fingerprint density at radius 2 is 2.29 bits per heavy atom. The van der Waals surface area contributed by atoms with E-state index in [0.717, 1.165) is 5.76 Å². The zero-order valence-electron chi connectivity index (χ0n) is 13.3. The van der Waals surface area contributed by atoms with Gasteiger partial charge in [0.05, 0.1) is 35.6 Å². The van der Waals surface area contributed by atoms with E-state index in [1.807, 2.05) is 6.07 Å². The van der Waals surface area contributed by atoms with E-state index < -0.39 is 9.84 Å². The average molecular weight is 349 g/mol. The quantitative estimate of drug-likeness (QED) is 0.880. The number of hydrogen-bond acceptors (Lipinski definition) is 6. The van der Waals surface area contributed by atoms with Crippen LogP contribution in [0.15, 0.2) is 41.3 Å². The van der Waals surface area contributed by atoms with Crippen LogP contribution in [0.3, 0.4) is 0 Å². The lowest BCUT2D eigenvalue weighted by molar-refractivity contribution is 0.0747. The molecular formula is C16H19N3O4S. The molecule has 1 fully saturated rings. The highest BCUT2D eigenvalue weighted by molar-refractivity contribution is 7.91. The molecule has 1 N–H and O–H groups in total. The predicted octanol–water partition coefficient (Wildman–Crippen LogP) is 1.55. The summed E-state index contributed by atoms with van der Waals surface area (Å²) >= 11 is 0. The molecule has 0 aromatic carbocycles. The second-order valence-corrected chi connectivity index (χ2v) is 8.10. The first-order valence-corrected chi connectivity index (χ1v) is 9.46. The Hall–Kier alpha value is -2.35. The van der Waals surface area contributed by atoms with E-state index in [2.05, 4.69) is 10.3 Å². The molecule has 8 heteroatoms. The maximum Gasteiger partial charge on any atom is 0.255 e. The maximum absolute atomic E-state index is 12.6. The summed E-state index contributed by atoms with van der Waals surface area (Å²) in [5.41, 5.74) is 1.12. The first-order chi connectivity index (χ1) is 11.4. The van der Waals surface area contributed by atoms with Gasteiger partial charge < -0.3 is 14.6 Å². The second-order valence-electron chi connectivity index (χ2n) is 5.87. The first-order valence-electron chi connectivity index (χ1n) is 7.63. The standard InChI is InChI=1S/C16H19N3O4S/c1-19(14-4-6-24(21,22)11-14)16(20)12-7-13(9-17-8-12)18-10-15-3-2-5-23-15/h2-3,5,7-9,14,18H,4,6,10-11H2,1H3. The van der Waals surface area contributed by atoms with Crippen LogP contribution in [-0.4, -0.2) is 48.8 Å². The van der Waals surface area contributed by atoms with E-state index in [0.29, 0.717) is 24.2 Å². The Balaban J connectivity index is 1.67. The number of carbonyl (C=O) groups excluding carboxylic acids is 1. The van der Waals surface area contributed by atoms with Gasteiger partial charge in [-0.3, -0.25) is 9.78 Å².